The van der Waals surface area contributed by atoms with Gasteiger partial charge in [0.05, 0.1) is 5.21 Å². The molecule has 1 heterocycles. The third-order valence-electron chi connectivity index (χ3n) is 1.01. The highest BCUT2D eigenvalue weighted by molar-refractivity contribution is 5.66. The number of hydrogen-bond donors (Lipinski definition) is 1. The average Bonchev–Trinajstić information content (AvgIpc) is 2.13. The van der Waals surface area contributed by atoms with Crippen LogP contribution >= 0.6 is 0 Å². The smallest absolute Gasteiger partial charge is 0.348 e. The molecule has 5 heteroatoms. The molecule has 0 fully saturated rings. The SMILES string of the molecule is C[n+]1ccn(CC(=O)O)n1. The van der Waals surface area contributed by atoms with Gasteiger partial charge in [-0.2, -0.15) is 0 Å². The zero-order valence-corrected chi connectivity index (χ0v) is 5.56. The van der Waals surface area contributed by atoms with E-state index in [0.717, 1.165) is 0 Å². The van der Waals surface area contributed by atoms with Crippen molar-refractivity contribution in [1.82, 2.24) is 9.90 Å². The Kier molecular flexibility index (Phi) is 1.66. The Morgan fingerprint density at radius 2 is 2.60 bits per heavy atom. The summed E-state index contributed by atoms with van der Waals surface area (Å²) < 4.78 is 2.89. The largest absolute Gasteiger partial charge is 0.478 e. The summed E-state index contributed by atoms with van der Waals surface area (Å²) in [5.41, 5.74) is 0. The predicted octanol–water partition coefficient (Wildman–Crippen LogP) is -1.21. The van der Waals surface area contributed by atoms with Crippen molar-refractivity contribution >= 4 is 5.97 Å². The molecule has 0 aromatic carbocycles. The molecule has 0 saturated heterocycles. The number of carboxylic acids is 1. The first-order chi connectivity index (χ1) is 4.68. The van der Waals surface area contributed by atoms with Gasteiger partial charge in [0.15, 0.2) is 12.4 Å². The molecule has 0 aliphatic rings. The van der Waals surface area contributed by atoms with Crippen LogP contribution in [0.4, 0.5) is 0 Å². The molecule has 5 nitrogen and oxygen atoms in total. The Bertz CT molecular complexity index is 243. The zero-order chi connectivity index (χ0) is 7.56. The molecule has 0 atom stereocenters. The van der Waals surface area contributed by atoms with Gasteiger partial charge in [-0.25, -0.2) is 4.79 Å². The van der Waals surface area contributed by atoms with Gasteiger partial charge in [-0.3, -0.25) is 0 Å². The second-order valence-corrected chi connectivity index (χ2v) is 1.95. The topological polar surface area (TPSA) is 59.0 Å². The van der Waals surface area contributed by atoms with Crippen molar-refractivity contribution in [1.29, 1.82) is 0 Å². The lowest BCUT2D eigenvalue weighted by Crippen LogP contribution is -2.30. The summed E-state index contributed by atoms with van der Waals surface area (Å²) >= 11 is 0. The minimum atomic E-state index is -0.885. The van der Waals surface area contributed by atoms with E-state index in [2.05, 4.69) is 5.21 Å². The van der Waals surface area contributed by atoms with E-state index < -0.39 is 5.97 Å². The van der Waals surface area contributed by atoms with Gasteiger partial charge < -0.3 is 5.11 Å². The van der Waals surface area contributed by atoms with E-state index in [1.807, 2.05) is 0 Å². The Labute approximate surface area is 57.5 Å². The summed E-state index contributed by atoms with van der Waals surface area (Å²) in [6, 6.07) is 0. The van der Waals surface area contributed by atoms with Crippen molar-refractivity contribution in [3.63, 3.8) is 0 Å². The van der Waals surface area contributed by atoms with Crippen LogP contribution in [0.1, 0.15) is 0 Å². The first-order valence-corrected chi connectivity index (χ1v) is 2.79. The molecule has 0 aliphatic heterocycles. The summed E-state index contributed by atoms with van der Waals surface area (Å²) in [7, 11) is 1.73. The molecule has 0 spiro atoms. The molecular weight excluding hydrogens is 134 g/mol. The van der Waals surface area contributed by atoms with Crippen molar-refractivity contribution in [2.45, 2.75) is 6.54 Å². The maximum Gasteiger partial charge on any atom is 0.348 e. The van der Waals surface area contributed by atoms with Crippen LogP contribution in [0.2, 0.25) is 0 Å². The fourth-order valence-electron chi connectivity index (χ4n) is 0.637. The number of nitrogens with zero attached hydrogens (tertiary/aromatic N) is 3. The van der Waals surface area contributed by atoms with Crippen LogP contribution in [0.15, 0.2) is 12.4 Å². The van der Waals surface area contributed by atoms with Crippen LogP contribution in [0.3, 0.4) is 0 Å². The van der Waals surface area contributed by atoms with E-state index >= 15 is 0 Å². The lowest BCUT2D eigenvalue weighted by Gasteiger charge is -1.83. The van der Waals surface area contributed by atoms with Crippen LogP contribution in [-0.2, 0) is 18.4 Å². The summed E-state index contributed by atoms with van der Waals surface area (Å²) in [5.74, 6) is -0.885. The average molecular weight is 142 g/mol. The second-order valence-electron chi connectivity index (χ2n) is 1.95. The highest BCUT2D eigenvalue weighted by Gasteiger charge is 2.05. The second kappa shape index (κ2) is 2.47. The van der Waals surface area contributed by atoms with Gasteiger partial charge in [-0.1, -0.05) is 0 Å². The van der Waals surface area contributed by atoms with Crippen LogP contribution in [-0.4, -0.2) is 21.0 Å². The Hall–Kier alpha value is -1.39. The fraction of sp³-hybridized carbons (Fsp3) is 0.400. The van der Waals surface area contributed by atoms with Crippen LogP contribution < -0.4 is 4.68 Å². The van der Waals surface area contributed by atoms with Crippen LogP contribution in [0, 0.1) is 0 Å². The molecule has 0 radical (unpaired) electrons. The van der Waals surface area contributed by atoms with E-state index in [0.29, 0.717) is 0 Å². The molecular formula is C5H8N3O2+. The van der Waals surface area contributed by atoms with Crippen molar-refractivity contribution in [3.05, 3.63) is 12.4 Å². The van der Waals surface area contributed by atoms with E-state index in [4.69, 9.17) is 5.11 Å². The van der Waals surface area contributed by atoms with Crippen molar-refractivity contribution in [2.24, 2.45) is 7.05 Å². The van der Waals surface area contributed by atoms with Crippen molar-refractivity contribution < 1.29 is 14.6 Å². The van der Waals surface area contributed by atoms with Gasteiger partial charge >= 0.3 is 5.97 Å². The zero-order valence-electron chi connectivity index (χ0n) is 5.56. The lowest BCUT2D eigenvalue weighted by molar-refractivity contribution is -0.732. The maximum atomic E-state index is 10.1. The van der Waals surface area contributed by atoms with Gasteiger partial charge in [0.1, 0.15) is 7.05 Å². The highest BCUT2D eigenvalue weighted by Crippen LogP contribution is 1.77. The molecule has 1 N–H and O–H groups in total. The molecule has 54 valence electrons. The summed E-state index contributed by atoms with van der Waals surface area (Å²) in [6.45, 7) is -0.0825. The molecule has 1 aromatic heterocycles. The molecule has 0 bridgehead atoms. The van der Waals surface area contributed by atoms with E-state index in [1.165, 1.54) is 4.68 Å². The first-order valence-electron chi connectivity index (χ1n) is 2.79. The number of hydrogen-bond acceptors (Lipinski definition) is 2. The van der Waals surface area contributed by atoms with Crippen molar-refractivity contribution in [3.8, 4) is 0 Å². The predicted molar refractivity (Wildman–Crippen MR) is 31.0 cm³/mol. The fourth-order valence-corrected chi connectivity index (χ4v) is 0.637. The number of aromatic nitrogens is 3. The Morgan fingerprint density at radius 1 is 1.90 bits per heavy atom. The minimum absolute atomic E-state index is 0.0825. The van der Waals surface area contributed by atoms with Gasteiger partial charge in [0, 0.05) is 0 Å². The van der Waals surface area contributed by atoms with Gasteiger partial charge in [-0.15, -0.1) is 9.36 Å². The quantitative estimate of drug-likeness (QED) is 0.527. The normalized spacial score (nSPS) is 9.70. The van der Waals surface area contributed by atoms with Crippen molar-refractivity contribution in [2.75, 3.05) is 0 Å². The standard InChI is InChI=1S/C5H7N3O2/c1-7-2-3-8(6-7)4-5(9)10/h2-3H,4H2,1H3/p+1. The van der Waals surface area contributed by atoms with E-state index in [9.17, 15) is 4.79 Å². The van der Waals surface area contributed by atoms with Gasteiger partial charge in [-0.05, 0) is 0 Å². The number of aliphatic carboxylic acids is 1. The summed E-state index contributed by atoms with van der Waals surface area (Å²) in [6.07, 6.45) is 3.29. The number of aryl methyl sites for hydroxylation is 1. The highest BCUT2D eigenvalue weighted by atomic mass is 16.4. The molecule has 1 aromatic rings. The summed E-state index contributed by atoms with van der Waals surface area (Å²) in [5, 5.41) is 12.1. The third kappa shape index (κ3) is 1.54. The Balaban J connectivity index is 2.67. The molecule has 10 heavy (non-hydrogen) atoms. The monoisotopic (exact) mass is 142 g/mol. The number of carboxylic acid groups (broad SMARTS) is 1. The minimum Gasteiger partial charge on any atom is -0.478 e. The van der Waals surface area contributed by atoms with E-state index in [1.54, 1.807) is 24.1 Å². The third-order valence-corrected chi connectivity index (χ3v) is 1.01. The maximum absolute atomic E-state index is 10.1. The molecule has 1 rings (SSSR count). The lowest BCUT2D eigenvalue weighted by atomic mass is 10.7. The molecule has 0 saturated carbocycles. The molecule has 0 amide bonds. The van der Waals surface area contributed by atoms with E-state index in [-0.39, 0.29) is 6.54 Å². The summed E-state index contributed by atoms with van der Waals surface area (Å²) in [4.78, 5) is 10.1. The Morgan fingerprint density at radius 3 is 3.00 bits per heavy atom. The van der Waals surface area contributed by atoms with Crippen LogP contribution in [0.5, 0.6) is 0 Å². The first kappa shape index (κ1) is 6.73. The molecule has 0 unspecified atom stereocenters. The molecule has 0 aliphatic carbocycles. The van der Waals surface area contributed by atoms with Crippen LogP contribution in [0.25, 0.3) is 0 Å². The van der Waals surface area contributed by atoms with Gasteiger partial charge in [0.2, 0.25) is 6.54 Å². The van der Waals surface area contributed by atoms with Gasteiger partial charge in [0.25, 0.3) is 0 Å². The number of carbonyl (C=O) groups is 1. The number of rotatable bonds is 2.